The number of anilines is 1. The van der Waals surface area contributed by atoms with Gasteiger partial charge in [-0.05, 0) is 17.7 Å². The molecule has 0 aliphatic heterocycles. The minimum Gasteiger partial charge on any atom is -0.399 e. The molecule has 17 heavy (non-hydrogen) atoms. The van der Waals surface area contributed by atoms with Gasteiger partial charge >= 0.3 is 0 Å². The van der Waals surface area contributed by atoms with E-state index in [2.05, 4.69) is 15.6 Å². The topological polar surface area (TPSA) is 53.1 Å². The summed E-state index contributed by atoms with van der Waals surface area (Å²) in [6, 6.07) is 7.91. The molecule has 4 heteroatoms. The Hall–Kier alpha value is -1.81. The molecule has 1 aromatic carbocycles. The number of ether oxygens (including phenoxy) is 1. The van der Waals surface area contributed by atoms with Gasteiger partial charge in [0, 0.05) is 38.2 Å². The monoisotopic (exact) mass is 231 g/mol. The van der Waals surface area contributed by atoms with Gasteiger partial charge in [0.15, 0.2) is 0 Å². The zero-order valence-corrected chi connectivity index (χ0v) is 9.97. The van der Waals surface area contributed by atoms with Crippen molar-refractivity contribution in [2.24, 2.45) is 0 Å². The molecule has 0 amide bonds. The molecule has 0 atom stereocenters. The fraction of sp³-hybridized carbons (Fsp3) is 0.308. The molecular formula is C13H17N3O. The van der Waals surface area contributed by atoms with E-state index in [0.29, 0.717) is 6.61 Å². The third-order valence-corrected chi connectivity index (χ3v) is 2.64. The standard InChI is InChI=1S/C13H17N3O/c1-17-8-5-13-15-6-7-16(13)10-11-3-2-4-12(14)9-11/h2-4,6-7,9H,5,8,10,14H2,1H3. The summed E-state index contributed by atoms with van der Waals surface area (Å²) < 4.78 is 7.18. The highest BCUT2D eigenvalue weighted by molar-refractivity contribution is 5.40. The maximum Gasteiger partial charge on any atom is 0.111 e. The van der Waals surface area contributed by atoms with Crippen LogP contribution in [0, 0.1) is 0 Å². The maximum absolute atomic E-state index is 5.76. The molecule has 0 spiro atoms. The number of methoxy groups -OCH3 is 1. The van der Waals surface area contributed by atoms with Crippen LogP contribution in [-0.2, 0) is 17.7 Å². The third-order valence-electron chi connectivity index (χ3n) is 2.64. The summed E-state index contributed by atoms with van der Waals surface area (Å²) in [7, 11) is 1.70. The molecule has 90 valence electrons. The van der Waals surface area contributed by atoms with Gasteiger partial charge in [-0.3, -0.25) is 0 Å². The Labute approximate surface area is 101 Å². The fourth-order valence-corrected chi connectivity index (χ4v) is 1.79. The molecule has 0 unspecified atom stereocenters. The fourth-order valence-electron chi connectivity index (χ4n) is 1.79. The average molecular weight is 231 g/mol. The first kappa shape index (κ1) is 11.7. The summed E-state index contributed by atoms with van der Waals surface area (Å²) in [5.74, 6) is 1.04. The van der Waals surface area contributed by atoms with Crippen LogP contribution in [-0.4, -0.2) is 23.3 Å². The second kappa shape index (κ2) is 5.50. The van der Waals surface area contributed by atoms with E-state index in [4.69, 9.17) is 10.5 Å². The summed E-state index contributed by atoms with van der Waals surface area (Å²) in [6.07, 6.45) is 4.62. The smallest absolute Gasteiger partial charge is 0.111 e. The molecule has 2 rings (SSSR count). The number of nitrogens with zero attached hydrogens (tertiary/aromatic N) is 2. The van der Waals surface area contributed by atoms with Crippen LogP contribution in [0.15, 0.2) is 36.7 Å². The number of nitrogens with two attached hydrogens (primary N) is 1. The lowest BCUT2D eigenvalue weighted by atomic mass is 10.2. The summed E-state index contributed by atoms with van der Waals surface area (Å²) in [6.45, 7) is 1.48. The zero-order chi connectivity index (χ0) is 12.1. The molecule has 0 bridgehead atoms. The van der Waals surface area contributed by atoms with Crippen LogP contribution in [0.5, 0.6) is 0 Å². The normalized spacial score (nSPS) is 10.6. The van der Waals surface area contributed by atoms with Gasteiger partial charge in [0.25, 0.3) is 0 Å². The molecule has 1 heterocycles. The largest absolute Gasteiger partial charge is 0.399 e. The molecule has 0 aliphatic rings. The number of rotatable bonds is 5. The molecule has 4 nitrogen and oxygen atoms in total. The number of nitrogen functional groups attached to an aromatic ring is 1. The minimum absolute atomic E-state index is 0.688. The number of aromatic nitrogens is 2. The highest BCUT2D eigenvalue weighted by Gasteiger charge is 2.03. The van der Waals surface area contributed by atoms with Crippen molar-refractivity contribution >= 4 is 5.69 Å². The van der Waals surface area contributed by atoms with Crippen LogP contribution in [0.4, 0.5) is 5.69 Å². The van der Waals surface area contributed by atoms with Crippen molar-refractivity contribution < 1.29 is 4.74 Å². The van der Waals surface area contributed by atoms with Gasteiger partial charge in [-0.2, -0.15) is 0 Å². The average Bonchev–Trinajstić information content (AvgIpc) is 2.74. The van der Waals surface area contributed by atoms with Gasteiger partial charge in [-0.25, -0.2) is 4.98 Å². The van der Waals surface area contributed by atoms with Crippen LogP contribution in [0.3, 0.4) is 0 Å². The Kier molecular flexibility index (Phi) is 3.77. The van der Waals surface area contributed by atoms with E-state index >= 15 is 0 Å². The molecule has 2 N–H and O–H groups in total. The van der Waals surface area contributed by atoms with E-state index in [9.17, 15) is 0 Å². The van der Waals surface area contributed by atoms with E-state index in [1.165, 1.54) is 5.56 Å². The van der Waals surface area contributed by atoms with Crippen LogP contribution in [0.25, 0.3) is 0 Å². The SMILES string of the molecule is COCCc1nccn1Cc1cccc(N)c1. The van der Waals surface area contributed by atoms with Crippen LogP contribution >= 0.6 is 0 Å². The van der Waals surface area contributed by atoms with Crippen LogP contribution < -0.4 is 5.73 Å². The lowest BCUT2D eigenvalue weighted by Crippen LogP contribution is -2.07. The van der Waals surface area contributed by atoms with Gasteiger partial charge in [0.1, 0.15) is 5.82 Å². The van der Waals surface area contributed by atoms with Gasteiger partial charge < -0.3 is 15.0 Å². The molecule has 0 saturated carbocycles. The number of imidazole rings is 1. The van der Waals surface area contributed by atoms with Gasteiger partial charge in [-0.15, -0.1) is 0 Å². The van der Waals surface area contributed by atoms with E-state index in [1.807, 2.05) is 30.6 Å². The Balaban J connectivity index is 2.10. The Morgan fingerprint density at radius 2 is 2.29 bits per heavy atom. The number of benzene rings is 1. The van der Waals surface area contributed by atoms with E-state index in [0.717, 1.165) is 24.5 Å². The first-order chi connectivity index (χ1) is 8.29. The van der Waals surface area contributed by atoms with Crippen molar-refractivity contribution in [1.29, 1.82) is 0 Å². The third kappa shape index (κ3) is 3.07. The second-order valence-electron chi connectivity index (χ2n) is 3.96. The van der Waals surface area contributed by atoms with E-state index < -0.39 is 0 Å². The lowest BCUT2D eigenvalue weighted by Gasteiger charge is -2.08. The van der Waals surface area contributed by atoms with Gasteiger partial charge in [0.2, 0.25) is 0 Å². The van der Waals surface area contributed by atoms with Crippen molar-refractivity contribution in [2.75, 3.05) is 19.5 Å². The Morgan fingerprint density at radius 1 is 1.41 bits per heavy atom. The molecular weight excluding hydrogens is 214 g/mol. The number of hydrogen-bond acceptors (Lipinski definition) is 3. The number of hydrogen-bond donors (Lipinski definition) is 1. The first-order valence-corrected chi connectivity index (χ1v) is 5.63. The highest BCUT2D eigenvalue weighted by atomic mass is 16.5. The molecule has 1 aromatic heterocycles. The Morgan fingerprint density at radius 3 is 3.06 bits per heavy atom. The maximum atomic E-state index is 5.76. The lowest BCUT2D eigenvalue weighted by molar-refractivity contribution is 0.199. The molecule has 0 radical (unpaired) electrons. The summed E-state index contributed by atoms with van der Waals surface area (Å²) in [5, 5.41) is 0. The van der Waals surface area contributed by atoms with E-state index in [1.54, 1.807) is 7.11 Å². The van der Waals surface area contributed by atoms with Gasteiger partial charge in [0.05, 0.1) is 6.61 Å². The van der Waals surface area contributed by atoms with Gasteiger partial charge in [-0.1, -0.05) is 12.1 Å². The first-order valence-electron chi connectivity index (χ1n) is 5.63. The van der Waals surface area contributed by atoms with Crippen LogP contribution in [0.2, 0.25) is 0 Å². The highest BCUT2D eigenvalue weighted by Crippen LogP contribution is 2.10. The van der Waals surface area contributed by atoms with Crippen molar-refractivity contribution in [3.05, 3.63) is 48.0 Å². The Bertz CT molecular complexity index is 479. The van der Waals surface area contributed by atoms with Crippen LogP contribution in [0.1, 0.15) is 11.4 Å². The zero-order valence-electron chi connectivity index (χ0n) is 9.97. The quantitative estimate of drug-likeness (QED) is 0.797. The molecule has 2 aromatic rings. The van der Waals surface area contributed by atoms with Crippen molar-refractivity contribution in [3.8, 4) is 0 Å². The minimum atomic E-state index is 0.688. The molecule has 0 aliphatic carbocycles. The van der Waals surface area contributed by atoms with Crippen molar-refractivity contribution in [3.63, 3.8) is 0 Å². The predicted octanol–water partition coefficient (Wildman–Crippen LogP) is 1.70. The second-order valence-corrected chi connectivity index (χ2v) is 3.96. The summed E-state index contributed by atoms with van der Waals surface area (Å²) in [5.41, 5.74) is 7.74. The van der Waals surface area contributed by atoms with Crippen molar-refractivity contribution in [1.82, 2.24) is 9.55 Å². The van der Waals surface area contributed by atoms with Crippen molar-refractivity contribution in [2.45, 2.75) is 13.0 Å². The molecule has 0 fully saturated rings. The molecule has 0 saturated heterocycles. The summed E-state index contributed by atoms with van der Waals surface area (Å²) in [4.78, 5) is 4.32. The van der Waals surface area contributed by atoms with E-state index in [-0.39, 0.29) is 0 Å². The predicted molar refractivity (Wildman–Crippen MR) is 67.8 cm³/mol. The summed E-state index contributed by atoms with van der Waals surface area (Å²) >= 11 is 0.